The van der Waals surface area contributed by atoms with Gasteiger partial charge in [-0.05, 0) is 18.6 Å². The lowest BCUT2D eigenvalue weighted by atomic mass is 10.3. The number of aliphatic hydroxyl groups is 1. The summed E-state index contributed by atoms with van der Waals surface area (Å²) in [4.78, 5) is 15.1. The van der Waals surface area contributed by atoms with Gasteiger partial charge in [0.2, 0.25) is 0 Å². The van der Waals surface area contributed by atoms with Crippen molar-refractivity contribution < 1.29 is 19.4 Å². The molecule has 0 spiro atoms. The molecule has 0 saturated carbocycles. The first kappa shape index (κ1) is 13.4. The number of nitrogens with zero attached hydrogens (tertiary/aromatic N) is 1. The van der Waals surface area contributed by atoms with Crippen LogP contribution in [0.15, 0.2) is 18.3 Å². The zero-order chi connectivity index (χ0) is 12.5. The van der Waals surface area contributed by atoms with E-state index < -0.39 is 0 Å². The molecule has 1 aromatic heterocycles. The van der Waals surface area contributed by atoms with Crippen LogP contribution in [-0.2, 0) is 16.1 Å². The van der Waals surface area contributed by atoms with Gasteiger partial charge in [0, 0.05) is 0 Å². The molecule has 0 fully saturated rings. The van der Waals surface area contributed by atoms with E-state index in [9.17, 15) is 4.79 Å². The Morgan fingerprint density at radius 2 is 2.29 bits per heavy atom. The predicted molar refractivity (Wildman–Crippen MR) is 61.5 cm³/mol. The highest BCUT2D eigenvalue weighted by Gasteiger charge is 2.04. The first-order valence-corrected chi connectivity index (χ1v) is 5.60. The number of hydrogen-bond donors (Lipinski definition) is 1. The monoisotopic (exact) mass is 239 g/mol. The number of unbranched alkanes of at least 4 members (excludes halogenated alkanes) is 1. The van der Waals surface area contributed by atoms with Crippen molar-refractivity contribution >= 4 is 5.97 Å². The molecule has 17 heavy (non-hydrogen) atoms. The maximum atomic E-state index is 11.2. The second-order valence-corrected chi connectivity index (χ2v) is 3.51. The Kier molecular flexibility index (Phi) is 6.03. The summed E-state index contributed by atoms with van der Waals surface area (Å²) >= 11 is 0. The van der Waals surface area contributed by atoms with E-state index in [1.807, 2.05) is 6.92 Å². The highest BCUT2D eigenvalue weighted by molar-refractivity contribution is 5.71. The Morgan fingerprint density at radius 3 is 2.88 bits per heavy atom. The van der Waals surface area contributed by atoms with E-state index in [0.29, 0.717) is 18.1 Å². The van der Waals surface area contributed by atoms with E-state index in [4.69, 9.17) is 14.6 Å². The zero-order valence-electron chi connectivity index (χ0n) is 9.89. The van der Waals surface area contributed by atoms with Gasteiger partial charge in [0.1, 0.15) is 5.75 Å². The summed E-state index contributed by atoms with van der Waals surface area (Å²) in [5.41, 5.74) is 0.558. The van der Waals surface area contributed by atoms with Crippen LogP contribution in [0.2, 0.25) is 0 Å². The van der Waals surface area contributed by atoms with Gasteiger partial charge in [-0.25, -0.2) is 4.79 Å². The van der Waals surface area contributed by atoms with E-state index in [1.165, 1.54) is 6.20 Å². The van der Waals surface area contributed by atoms with Crippen molar-refractivity contribution in [2.24, 2.45) is 0 Å². The van der Waals surface area contributed by atoms with Crippen molar-refractivity contribution in [1.82, 2.24) is 4.98 Å². The smallest absolute Gasteiger partial charge is 0.344 e. The maximum Gasteiger partial charge on any atom is 0.344 e. The number of aliphatic hydroxyl groups excluding tert-OH is 1. The fraction of sp³-hybridized carbons (Fsp3) is 0.500. The van der Waals surface area contributed by atoms with Gasteiger partial charge in [0.05, 0.1) is 25.1 Å². The average molecular weight is 239 g/mol. The fourth-order valence-corrected chi connectivity index (χ4v) is 1.10. The SMILES string of the molecule is CCCCOC(=O)COc1ccc(CO)nc1. The van der Waals surface area contributed by atoms with Gasteiger partial charge in [-0.1, -0.05) is 13.3 Å². The molecule has 1 N–H and O–H groups in total. The minimum absolute atomic E-state index is 0.112. The first-order valence-electron chi connectivity index (χ1n) is 5.60. The molecule has 5 nitrogen and oxygen atoms in total. The second-order valence-electron chi connectivity index (χ2n) is 3.51. The van der Waals surface area contributed by atoms with E-state index >= 15 is 0 Å². The number of pyridine rings is 1. The van der Waals surface area contributed by atoms with Gasteiger partial charge >= 0.3 is 5.97 Å². The van der Waals surface area contributed by atoms with Gasteiger partial charge in [-0.15, -0.1) is 0 Å². The zero-order valence-corrected chi connectivity index (χ0v) is 9.89. The third kappa shape index (κ3) is 5.31. The molecule has 0 bridgehead atoms. The van der Waals surface area contributed by atoms with Crippen LogP contribution < -0.4 is 4.74 Å². The Bertz CT molecular complexity index is 337. The van der Waals surface area contributed by atoms with Gasteiger partial charge in [-0.2, -0.15) is 0 Å². The van der Waals surface area contributed by atoms with E-state index in [2.05, 4.69) is 4.98 Å². The van der Waals surface area contributed by atoms with Crippen LogP contribution in [0.25, 0.3) is 0 Å². The number of carbonyl (C=O) groups is 1. The Morgan fingerprint density at radius 1 is 1.47 bits per heavy atom. The molecule has 0 radical (unpaired) electrons. The molecule has 0 saturated heterocycles. The highest BCUT2D eigenvalue weighted by Crippen LogP contribution is 2.08. The number of aromatic nitrogens is 1. The predicted octanol–water partition coefficient (Wildman–Crippen LogP) is 1.30. The minimum atomic E-state index is -0.385. The fourth-order valence-electron chi connectivity index (χ4n) is 1.10. The third-order valence-corrected chi connectivity index (χ3v) is 2.08. The Balaban J connectivity index is 2.27. The van der Waals surface area contributed by atoms with Crippen LogP contribution in [0, 0.1) is 0 Å². The molecule has 0 unspecified atom stereocenters. The summed E-state index contributed by atoms with van der Waals surface area (Å²) in [5.74, 6) is 0.0966. The summed E-state index contributed by atoms with van der Waals surface area (Å²) < 4.78 is 10.1. The van der Waals surface area contributed by atoms with Crippen LogP contribution in [0.4, 0.5) is 0 Å². The van der Waals surface area contributed by atoms with Crippen LogP contribution in [0.1, 0.15) is 25.5 Å². The van der Waals surface area contributed by atoms with Crippen LogP contribution >= 0.6 is 0 Å². The second kappa shape index (κ2) is 7.62. The largest absolute Gasteiger partial charge is 0.480 e. The van der Waals surface area contributed by atoms with Crippen LogP contribution in [-0.4, -0.2) is 29.3 Å². The molecule has 1 heterocycles. The lowest BCUT2D eigenvalue weighted by Crippen LogP contribution is -2.15. The van der Waals surface area contributed by atoms with E-state index in [0.717, 1.165) is 12.8 Å². The summed E-state index contributed by atoms with van der Waals surface area (Å²) in [6, 6.07) is 3.29. The molecule has 0 aliphatic heterocycles. The number of rotatable bonds is 7. The molecule has 94 valence electrons. The highest BCUT2D eigenvalue weighted by atomic mass is 16.6. The molecular formula is C12H17NO4. The van der Waals surface area contributed by atoms with Crippen molar-refractivity contribution in [3.05, 3.63) is 24.0 Å². The molecule has 0 aromatic carbocycles. The number of esters is 1. The summed E-state index contributed by atoms with van der Waals surface area (Å²) in [5, 5.41) is 8.79. The molecule has 1 aromatic rings. The molecular weight excluding hydrogens is 222 g/mol. The van der Waals surface area contributed by atoms with Crippen molar-refractivity contribution in [2.45, 2.75) is 26.4 Å². The molecule has 0 amide bonds. The van der Waals surface area contributed by atoms with Gasteiger partial charge in [0.15, 0.2) is 6.61 Å². The minimum Gasteiger partial charge on any atom is -0.480 e. The Hall–Kier alpha value is -1.62. The molecule has 0 aliphatic carbocycles. The summed E-state index contributed by atoms with van der Waals surface area (Å²) in [7, 11) is 0. The number of carbonyl (C=O) groups excluding carboxylic acids is 1. The molecule has 5 heteroatoms. The number of hydrogen-bond acceptors (Lipinski definition) is 5. The Labute approximate surface area is 100 Å². The average Bonchev–Trinajstić information content (AvgIpc) is 2.37. The van der Waals surface area contributed by atoms with Crippen LogP contribution in [0.5, 0.6) is 5.75 Å². The molecule has 0 aliphatic rings. The van der Waals surface area contributed by atoms with Crippen molar-refractivity contribution in [2.75, 3.05) is 13.2 Å². The first-order chi connectivity index (χ1) is 8.26. The van der Waals surface area contributed by atoms with Crippen molar-refractivity contribution in [3.63, 3.8) is 0 Å². The number of ether oxygens (including phenoxy) is 2. The van der Waals surface area contributed by atoms with E-state index in [-0.39, 0.29) is 19.2 Å². The normalized spacial score (nSPS) is 10.0. The lowest BCUT2D eigenvalue weighted by Gasteiger charge is -2.06. The quantitative estimate of drug-likeness (QED) is 0.573. The van der Waals surface area contributed by atoms with Crippen molar-refractivity contribution in [1.29, 1.82) is 0 Å². The van der Waals surface area contributed by atoms with Crippen molar-refractivity contribution in [3.8, 4) is 5.75 Å². The third-order valence-electron chi connectivity index (χ3n) is 2.08. The standard InChI is InChI=1S/C12H17NO4/c1-2-3-6-16-12(15)9-17-11-5-4-10(8-14)13-7-11/h4-5,7,14H,2-3,6,8-9H2,1H3. The van der Waals surface area contributed by atoms with Gasteiger partial charge < -0.3 is 14.6 Å². The lowest BCUT2D eigenvalue weighted by molar-refractivity contribution is -0.146. The van der Waals surface area contributed by atoms with Crippen LogP contribution in [0.3, 0.4) is 0 Å². The topological polar surface area (TPSA) is 68.7 Å². The summed E-state index contributed by atoms with van der Waals surface area (Å²) in [6.07, 6.45) is 3.31. The molecule has 1 rings (SSSR count). The van der Waals surface area contributed by atoms with Gasteiger partial charge in [-0.3, -0.25) is 4.98 Å². The van der Waals surface area contributed by atoms with E-state index in [1.54, 1.807) is 12.1 Å². The molecule has 0 atom stereocenters. The van der Waals surface area contributed by atoms with Gasteiger partial charge in [0.25, 0.3) is 0 Å². The maximum absolute atomic E-state index is 11.2. The summed E-state index contributed by atoms with van der Waals surface area (Å²) in [6.45, 7) is 2.22.